The molecule has 0 aliphatic carbocycles. The van der Waals surface area contributed by atoms with Crippen LogP contribution < -0.4 is 4.90 Å². The number of anilines is 1. The van der Waals surface area contributed by atoms with Crippen LogP contribution in [0.5, 0.6) is 0 Å². The first-order valence-corrected chi connectivity index (χ1v) is 12.5. The summed E-state index contributed by atoms with van der Waals surface area (Å²) in [4.78, 5) is 40.7. The summed E-state index contributed by atoms with van der Waals surface area (Å²) in [7, 11) is 0. The first kappa shape index (κ1) is 26.7. The van der Waals surface area contributed by atoms with Gasteiger partial charge in [-0.15, -0.1) is 0 Å². The lowest BCUT2D eigenvalue weighted by Gasteiger charge is -2.27. The third-order valence-electron chi connectivity index (χ3n) is 4.89. The molecule has 0 N–H and O–H groups in total. The first-order valence-electron chi connectivity index (χ1n) is 11.0. The molecule has 3 aromatic rings. The zero-order valence-electron chi connectivity index (χ0n) is 19.9. The highest BCUT2D eigenvalue weighted by Crippen LogP contribution is 2.34. The predicted molar refractivity (Wildman–Crippen MR) is 145 cm³/mol. The Hall–Kier alpha value is -2.85. The molecule has 1 amide bonds. The molecule has 9 heteroatoms. The van der Waals surface area contributed by atoms with E-state index in [9.17, 15) is 14.4 Å². The quantitative estimate of drug-likeness (QED) is 0.233. The number of fused-ring (bicyclic) bond motifs is 1. The van der Waals surface area contributed by atoms with E-state index in [1.54, 1.807) is 76.2 Å². The number of carbonyl (C=O) groups is 3. The van der Waals surface area contributed by atoms with Gasteiger partial charge in [0, 0.05) is 26.6 Å². The lowest BCUT2D eigenvalue weighted by molar-refractivity contribution is 0.0509. The Balaban J connectivity index is 2.21. The summed E-state index contributed by atoms with van der Waals surface area (Å²) in [6, 6.07) is 13.7. The smallest absolute Gasteiger partial charge is 0.415 e. The maximum absolute atomic E-state index is 13.4. The molecular weight excluding hydrogens is 583 g/mol. The molecule has 0 bridgehead atoms. The van der Waals surface area contributed by atoms with Gasteiger partial charge in [0.1, 0.15) is 11.3 Å². The molecule has 1 heterocycles. The minimum Gasteiger partial charge on any atom is -0.461 e. The van der Waals surface area contributed by atoms with Gasteiger partial charge in [0.2, 0.25) is 0 Å². The summed E-state index contributed by atoms with van der Waals surface area (Å²) in [5.74, 6) is -0.972. The number of halogens is 2. The van der Waals surface area contributed by atoms with Gasteiger partial charge in [0.05, 0.1) is 17.8 Å². The molecule has 0 aliphatic heterocycles. The molecule has 1 aromatic heterocycles. The lowest BCUT2D eigenvalue weighted by Crippen LogP contribution is -2.37. The van der Waals surface area contributed by atoms with E-state index < -0.39 is 17.7 Å². The molecule has 0 fully saturated rings. The number of nitrogens with zero attached hydrogens (tertiary/aromatic N) is 2. The number of esters is 1. The molecule has 0 atom stereocenters. The standard InChI is InChI=1S/C26H26ClIN2O5/c1-5-34-24(32)21-16-18-19(30(21)23(31)17-10-7-6-8-11-17)12-13-20(22(18)28)29(15-9-14-27)25(33)35-26(2,3)4/h6-14,16H,5,15H2,1-4H3. The Morgan fingerprint density at radius 2 is 1.80 bits per heavy atom. The summed E-state index contributed by atoms with van der Waals surface area (Å²) in [6.07, 6.45) is 1.08. The van der Waals surface area contributed by atoms with E-state index in [0.29, 0.717) is 25.7 Å². The molecule has 0 radical (unpaired) electrons. The third-order valence-corrected chi connectivity index (χ3v) is 6.20. The molecule has 0 saturated heterocycles. The van der Waals surface area contributed by atoms with Crippen molar-refractivity contribution in [1.82, 2.24) is 4.57 Å². The van der Waals surface area contributed by atoms with E-state index in [4.69, 9.17) is 21.1 Å². The maximum atomic E-state index is 13.4. The Kier molecular flexibility index (Phi) is 8.60. The molecule has 35 heavy (non-hydrogen) atoms. The van der Waals surface area contributed by atoms with E-state index in [-0.39, 0.29) is 24.8 Å². The van der Waals surface area contributed by atoms with Crippen molar-refractivity contribution in [2.75, 3.05) is 18.1 Å². The number of rotatable bonds is 6. The number of aromatic nitrogens is 1. The van der Waals surface area contributed by atoms with E-state index in [1.807, 2.05) is 6.07 Å². The maximum Gasteiger partial charge on any atom is 0.415 e. The van der Waals surface area contributed by atoms with Crippen molar-refractivity contribution in [3.05, 3.63) is 75.0 Å². The lowest BCUT2D eigenvalue weighted by atomic mass is 10.2. The summed E-state index contributed by atoms with van der Waals surface area (Å²) in [5, 5.41) is 0.624. The van der Waals surface area contributed by atoms with Crippen molar-refractivity contribution in [3.8, 4) is 0 Å². The van der Waals surface area contributed by atoms with E-state index in [0.717, 1.165) is 0 Å². The molecule has 0 unspecified atom stereocenters. The van der Waals surface area contributed by atoms with Crippen LogP contribution in [0.4, 0.5) is 10.5 Å². The van der Waals surface area contributed by atoms with Crippen molar-refractivity contribution in [1.29, 1.82) is 0 Å². The summed E-state index contributed by atoms with van der Waals surface area (Å²) in [6.45, 7) is 7.41. The summed E-state index contributed by atoms with van der Waals surface area (Å²) < 4.78 is 12.8. The van der Waals surface area contributed by atoms with Crippen LogP contribution in [-0.4, -0.2) is 41.3 Å². The SMILES string of the molecule is CCOC(=O)c1cc2c(I)c(N(CC=CCl)C(=O)OC(C)(C)C)ccc2n1C(=O)c1ccccc1. The zero-order chi connectivity index (χ0) is 25.8. The van der Waals surface area contributed by atoms with Crippen molar-refractivity contribution in [3.63, 3.8) is 0 Å². The molecule has 3 rings (SSSR count). The van der Waals surface area contributed by atoms with E-state index in [2.05, 4.69) is 22.6 Å². The number of hydrogen-bond acceptors (Lipinski definition) is 5. The third kappa shape index (κ3) is 6.05. The molecule has 0 spiro atoms. The van der Waals surface area contributed by atoms with Crippen LogP contribution in [0.25, 0.3) is 10.9 Å². The summed E-state index contributed by atoms with van der Waals surface area (Å²) >= 11 is 7.84. The van der Waals surface area contributed by atoms with Gasteiger partial charge in [-0.1, -0.05) is 35.9 Å². The number of amides is 1. The Morgan fingerprint density at radius 1 is 1.11 bits per heavy atom. The van der Waals surface area contributed by atoms with Gasteiger partial charge >= 0.3 is 12.1 Å². The number of benzene rings is 2. The minimum atomic E-state index is -0.696. The molecule has 2 aromatic carbocycles. The molecule has 0 saturated carbocycles. The zero-order valence-corrected chi connectivity index (χ0v) is 22.8. The van der Waals surface area contributed by atoms with Crippen LogP contribution in [0, 0.1) is 3.57 Å². The largest absolute Gasteiger partial charge is 0.461 e. The van der Waals surface area contributed by atoms with Gasteiger partial charge in [-0.05, 0) is 80.6 Å². The second-order valence-corrected chi connectivity index (χ2v) is 9.87. The van der Waals surface area contributed by atoms with Crippen LogP contribution in [-0.2, 0) is 9.47 Å². The Bertz CT molecular complexity index is 1280. The van der Waals surface area contributed by atoms with Gasteiger partial charge in [-0.2, -0.15) is 0 Å². The fraction of sp³-hybridized carbons (Fsp3) is 0.269. The monoisotopic (exact) mass is 608 g/mol. The average molecular weight is 609 g/mol. The van der Waals surface area contributed by atoms with Gasteiger partial charge in [-0.3, -0.25) is 14.3 Å². The van der Waals surface area contributed by atoms with Crippen molar-refractivity contribution in [2.45, 2.75) is 33.3 Å². The first-order chi connectivity index (χ1) is 16.6. The average Bonchev–Trinajstić information content (AvgIpc) is 3.20. The van der Waals surface area contributed by atoms with Crippen molar-refractivity contribution < 1.29 is 23.9 Å². The van der Waals surface area contributed by atoms with Crippen molar-refractivity contribution in [2.24, 2.45) is 0 Å². The second kappa shape index (κ2) is 11.3. The van der Waals surface area contributed by atoms with Crippen LogP contribution >= 0.6 is 34.2 Å². The second-order valence-electron chi connectivity index (χ2n) is 8.54. The fourth-order valence-corrected chi connectivity index (χ4v) is 4.44. The molecular formula is C26H26ClIN2O5. The molecule has 7 nitrogen and oxygen atoms in total. The van der Waals surface area contributed by atoms with Crippen LogP contribution in [0.3, 0.4) is 0 Å². The minimum absolute atomic E-state index is 0.107. The van der Waals surface area contributed by atoms with Gasteiger partial charge in [0.25, 0.3) is 5.91 Å². The predicted octanol–water partition coefficient (Wildman–Crippen LogP) is 6.61. The van der Waals surface area contributed by atoms with Gasteiger partial charge < -0.3 is 9.47 Å². The Labute approximate surface area is 222 Å². The number of carbonyl (C=O) groups excluding carboxylic acids is 3. The fourth-order valence-electron chi connectivity index (χ4n) is 3.46. The molecule has 0 aliphatic rings. The van der Waals surface area contributed by atoms with E-state index >= 15 is 0 Å². The highest BCUT2D eigenvalue weighted by atomic mass is 127. The number of hydrogen-bond donors (Lipinski definition) is 0. The van der Waals surface area contributed by atoms with Crippen LogP contribution in [0.2, 0.25) is 0 Å². The topological polar surface area (TPSA) is 77.8 Å². The highest BCUT2D eigenvalue weighted by molar-refractivity contribution is 14.1. The van der Waals surface area contributed by atoms with E-state index in [1.165, 1.54) is 15.0 Å². The van der Waals surface area contributed by atoms with Gasteiger partial charge in [0.15, 0.2) is 0 Å². The van der Waals surface area contributed by atoms with Crippen LogP contribution in [0.15, 0.2) is 60.1 Å². The number of ether oxygens (including phenoxy) is 2. The Morgan fingerprint density at radius 3 is 2.40 bits per heavy atom. The van der Waals surface area contributed by atoms with Crippen LogP contribution in [0.1, 0.15) is 48.5 Å². The highest BCUT2D eigenvalue weighted by Gasteiger charge is 2.28. The van der Waals surface area contributed by atoms with Gasteiger partial charge in [-0.25, -0.2) is 9.59 Å². The normalized spacial score (nSPS) is 11.6. The van der Waals surface area contributed by atoms with Crippen molar-refractivity contribution >= 4 is 68.8 Å². The summed E-state index contributed by atoms with van der Waals surface area (Å²) in [5.41, 5.74) is 2.25. The molecule has 184 valence electrons.